The van der Waals surface area contributed by atoms with Crippen LogP contribution in [0.1, 0.15) is 63.8 Å². The minimum absolute atomic E-state index is 0.0583. The van der Waals surface area contributed by atoms with Gasteiger partial charge in [0.1, 0.15) is 15.7 Å². The van der Waals surface area contributed by atoms with Crippen molar-refractivity contribution in [3.05, 3.63) is 59.0 Å². The van der Waals surface area contributed by atoms with Crippen LogP contribution in [-0.2, 0) is 9.84 Å². The molecule has 1 aromatic carbocycles. The normalized spacial score (nSPS) is 24.1. The van der Waals surface area contributed by atoms with Gasteiger partial charge in [-0.05, 0) is 94.8 Å². The maximum absolute atomic E-state index is 13.7. The molecule has 0 unspecified atom stereocenters. The highest BCUT2D eigenvalue weighted by atomic mass is 32.2. The van der Waals surface area contributed by atoms with E-state index in [1.807, 2.05) is 0 Å². The topological polar surface area (TPSA) is 102 Å². The fourth-order valence-electron chi connectivity index (χ4n) is 6.52. The minimum atomic E-state index is -3.07. The van der Waals surface area contributed by atoms with Crippen molar-refractivity contribution >= 4 is 15.8 Å². The summed E-state index contributed by atoms with van der Waals surface area (Å²) in [5, 5.41) is 3.52. The molecule has 214 valence electrons. The Labute approximate surface area is 234 Å². The summed E-state index contributed by atoms with van der Waals surface area (Å²) in [6.07, 6.45) is 12.6. The zero-order valence-corrected chi connectivity index (χ0v) is 23.5. The SMILES string of the molecule is O=c1n(C2CCS(=O)(=O)CC2)cc(-c2ccnc(NC3CCC(N4CCCCC4)CC3)n2)n1-c1ccc(F)cc1. The van der Waals surface area contributed by atoms with Crippen LogP contribution < -0.4 is 11.0 Å². The molecule has 0 spiro atoms. The summed E-state index contributed by atoms with van der Waals surface area (Å²) in [7, 11) is -3.07. The molecule has 0 bridgehead atoms. The minimum Gasteiger partial charge on any atom is -0.351 e. The lowest BCUT2D eigenvalue weighted by molar-refractivity contribution is 0.127. The molecule has 40 heavy (non-hydrogen) atoms. The molecule has 3 aromatic rings. The molecular formula is C29H37FN6O3S. The van der Waals surface area contributed by atoms with E-state index in [-0.39, 0.29) is 23.2 Å². The maximum Gasteiger partial charge on any atom is 0.333 e. The van der Waals surface area contributed by atoms with Gasteiger partial charge in [-0.25, -0.2) is 27.6 Å². The van der Waals surface area contributed by atoms with Crippen LogP contribution in [0.15, 0.2) is 47.5 Å². The van der Waals surface area contributed by atoms with Crippen LogP contribution in [0, 0.1) is 5.82 Å². The Morgan fingerprint density at radius 1 is 0.875 bits per heavy atom. The zero-order chi connectivity index (χ0) is 27.7. The van der Waals surface area contributed by atoms with Gasteiger partial charge in [-0.1, -0.05) is 6.42 Å². The Hall–Kier alpha value is -3.05. The highest BCUT2D eigenvalue weighted by molar-refractivity contribution is 7.91. The monoisotopic (exact) mass is 568 g/mol. The second-order valence-corrected chi connectivity index (χ2v) is 13.7. The Balaban J connectivity index is 1.25. The van der Waals surface area contributed by atoms with E-state index in [4.69, 9.17) is 4.98 Å². The Bertz CT molecular complexity index is 1470. The molecule has 6 rings (SSSR count). The molecule has 3 fully saturated rings. The summed E-state index contributed by atoms with van der Waals surface area (Å²) in [6, 6.07) is 8.28. The molecule has 1 N–H and O–H groups in total. The molecule has 4 heterocycles. The van der Waals surface area contributed by atoms with Crippen molar-refractivity contribution in [3.63, 3.8) is 0 Å². The molecule has 2 aromatic heterocycles. The fraction of sp³-hybridized carbons (Fsp3) is 0.552. The van der Waals surface area contributed by atoms with Crippen LogP contribution >= 0.6 is 0 Å². The van der Waals surface area contributed by atoms with E-state index in [2.05, 4.69) is 15.2 Å². The quantitative estimate of drug-likeness (QED) is 0.476. The van der Waals surface area contributed by atoms with Crippen molar-refractivity contribution in [2.75, 3.05) is 29.9 Å². The average molecular weight is 569 g/mol. The highest BCUT2D eigenvalue weighted by Gasteiger charge is 2.29. The van der Waals surface area contributed by atoms with Crippen molar-refractivity contribution in [1.82, 2.24) is 24.0 Å². The van der Waals surface area contributed by atoms with Crippen molar-refractivity contribution in [1.29, 1.82) is 0 Å². The van der Waals surface area contributed by atoms with Crippen LogP contribution in [-0.4, -0.2) is 69.1 Å². The largest absolute Gasteiger partial charge is 0.351 e. The van der Waals surface area contributed by atoms with Crippen molar-refractivity contribution in [2.24, 2.45) is 0 Å². The summed E-state index contributed by atoms with van der Waals surface area (Å²) < 4.78 is 40.9. The second-order valence-electron chi connectivity index (χ2n) is 11.4. The number of piperidine rings is 1. The van der Waals surface area contributed by atoms with E-state index in [0.29, 0.717) is 47.9 Å². The zero-order valence-electron chi connectivity index (χ0n) is 22.7. The number of sulfone groups is 1. The number of likely N-dealkylation sites (tertiary alicyclic amines) is 1. The van der Waals surface area contributed by atoms with Crippen molar-refractivity contribution in [3.8, 4) is 17.1 Å². The molecule has 1 aliphatic carbocycles. The number of rotatable bonds is 6. The predicted octanol–water partition coefficient (Wildman–Crippen LogP) is 4.19. The number of nitrogens with zero attached hydrogens (tertiary/aromatic N) is 5. The third-order valence-corrected chi connectivity index (χ3v) is 10.5. The van der Waals surface area contributed by atoms with Gasteiger partial charge in [0.2, 0.25) is 5.95 Å². The lowest BCUT2D eigenvalue weighted by Crippen LogP contribution is -2.43. The van der Waals surface area contributed by atoms with Gasteiger partial charge < -0.3 is 10.2 Å². The number of aromatic nitrogens is 4. The number of imidazole rings is 1. The summed E-state index contributed by atoms with van der Waals surface area (Å²) in [5.41, 5.74) is 1.36. The van der Waals surface area contributed by atoms with E-state index >= 15 is 0 Å². The van der Waals surface area contributed by atoms with Crippen LogP contribution in [0.5, 0.6) is 0 Å². The van der Waals surface area contributed by atoms with Crippen LogP contribution in [0.4, 0.5) is 10.3 Å². The van der Waals surface area contributed by atoms with Gasteiger partial charge in [-0.15, -0.1) is 0 Å². The van der Waals surface area contributed by atoms with Gasteiger partial charge in [-0.3, -0.25) is 9.13 Å². The molecule has 1 saturated carbocycles. The first-order valence-corrected chi connectivity index (χ1v) is 16.3. The second kappa shape index (κ2) is 11.4. The smallest absolute Gasteiger partial charge is 0.333 e. The molecule has 9 nitrogen and oxygen atoms in total. The lowest BCUT2D eigenvalue weighted by Gasteiger charge is -2.39. The van der Waals surface area contributed by atoms with Gasteiger partial charge in [0, 0.05) is 30.5 Å². The summed E-state index contributed by atoms with van der Waals surface area (Å²) >= 11 is 0. The molecule has 2 saturated heterocycles. The molecular weight excluding hydrogens is 531 g/mol. The van der Waals surface area contributed by atoms with E-state index in [9.17, 15) is 17.6 Å². The number of nitrogens with one attached hydrogen (secondary N) is 1. The van der Waals surface area contributed by atoms with Gasteiger partial charge in [0.05, 0.1) is 28.6 Å². The fourth-order valence-corrected chi connectivity index (χ4v) is 7.99. The summed E-state index contributed by atoms with van der Waals surface area (Å²) in [4.78, 5) is 25.6. The Kier molecular flexibility index (Phi) is 7.76. The highest BCUT2D eigenvalue weighted by Crippen LogP contribution is 2.29. The van der Waals surface area contributed by atoms with Gasteiger partial charge in [0.25, 0.3) is 0 Å². The van der Waals surface area contributed by atoms with Crippen molar-refractivity contribution < 1.29 is 12.8 Å². The van der Waals surface area contributed by atoms with Crippen molar-refractivity contribution in [2.45, 2.75) is 75.9 Å². The van der Waals surface area contributed by atoms with E-state index in [1.54, 1.807) is 35.2 Å². The van der Waals surface area contributed by atoms with Crippen LogP contribution in [0.3, 0.4) is 0 Å². The number of benzene rings is 1. The first kappa shape index (κ1) is 27.1. The molecule has 0 amide bonds. The average Bonchev–Trinajstić information content (AvgIpc) is 3.31. The lowest BCUT2D eigenvalue weighted by atomic mass is 9.89. The predicted molar refractivity (Wildman–Crippen MR) is 153 cm³/mol. The van der Waals surface area contributed by atoms with Gasteiger partial charge in [0.15, 0.2) is 0 Å². The number of anilines is 1. The molecule has 0 radical (unpaired) electrons. The Morgan fingerprint density at radius 2 is 1.57 bits per heavy atom. The number of hydrogen-bond donors (Lipinski definition) is 1. The van der Waals surface area contributed by atoms with E-state index in [1.165, 1.54) is 61.9 Å². The molecule has 2 aliphatic heterocycles. The van der Waals surface area contributed by atoms with Crippen LogP contribution in [0.25, 0.3) is 17.1 Å². The van der Waals surface area contributed by atoms with Gasteiger partial charge >= 0.3 is 5.69 Å². The number of halogens is 1. The van der Waals surface area contributed by atoms with Crippen LogP contribution in [0.2, 0.25) is 0 Å². The molecule has 3 aliphatic rings. The van der Waals surface area contributed by atoms with Gasteiger partial charge in [-0.2, -0.15) is 0 Å². The maximum atomic E-state index is 13.7. The summed E-state index contributed by atoms with van der Waals surface area (Å²) in [6.45, 7) is 2.44. The first-order valence-electron chi connectivity index (χ1n) is 14.5. The molecule has 11 heteroatoms. The standard InChI is InChI=1S/C29H37FN6O3S/c30-21-4-8-25(9-5-21)36-27(20-35(29(36)37)24-13-18-40(38,39)19-14-24)26-12-15-31-28(33-26)32-22-6-10-23(11-7-22)34-16-2-1-3-17-34/h4-5,8-9,12,15,20,22-24H,1-3,6-7,10-11,13-14,16-19H2,(H,31,32,33). The van der Waals surface area contributed by atoms with E-state index in [0.717, 1.165) is 12.8 Å². The third-order valence-electron chi connectivity index (χ3n) is 8.77. The number of hydrogen-bond acceptors (Lipinski definition) is 7. The summed E-state index contributed by atoms with van der Waals surface area (Å²) in [5.74, 6) is 0.248. The Morgan fingerprint density at radius 3 is 2.27 bits per heavy atom. The van der Waals surface area contributed by atoms with E-state index < -0.39 is 15.7 Å². The first-order chi connectivity index (χ1) is 19.4. The molecule has 0 atom stereocenters. The third kappa shape index (κ3) is 5.85.